The lowest BCUT2D eigenvalue weighted by atomic mass is 10.1. The third-order valence-electron chi connectivity index (χ3n) is 4.08. The Labute approximate surface area is 173 Å². The number of benzene rings is 2. The van der Waals surface area contributed by atoms with Gasteiger partial charge in [0, 0.05) is 25.2 Å². The van der Waals surface area contributed by atoms with Gasteiger partial charge in [0.2, 0.25) is 0 Å². The van der Waals surface area contributed by atoms with Gasteiger partial charge in [0.25, 0.3) is 5.91 Å². The predicted molar refractivity (Wildman–Crippen MR) is 111 cm³/mol. The summed E-state index contributed by atoms with van der Waals surface area (Å²) < 4.78 is 5.75. The molecule has 0 fully saturated rings. The first kappa shape index (κ1) is 19.8. The lowest BCUT2D eigenvalue weighted by Gasteiger charge is -2.16. The summed E-state index contributed by atoms with van der Waals surface area (Å²) >= 11 is 12.0. The number of nitriles is 1. The molecular formula is C22H16Cl2N2O2. The van der Waals surface area contributed by atoms with E-state index in [1.165, 1.54) is 11.0 Å². The van der Waals surface area contributed by atoms with Crippen molar-refractivity contribution in [2.75, 3.05) is 7.05 Å². The first-order valence-electron chi connectivity index (χ1n) is 8.44. The standard InChI is InChI=1S/C22H16Cl2N2O2/c1-26(14-15-5-3-2-4-6-15)22(27)17(13-25)11-18-8-10-21(28-18)16-7-9-19(23)20(24)12-16/h2-12H,14H2,1H3/b17-11+. The van der Waals surface area contributed by atoms with E-state index in [1.54, 1.807) is 37.4 Å². The molecule has 0 N–H and O–H groups in total. The van der Waals surface area contributed by atoms with Gasteiger partial charge in [0.15, 0.2) is 0 Å². The van der Waals surface area contributed by atoms with E-state index in [2.05, 4.69) is 0 Å². The molecule has 1 aromatic heterocycles. The predicted octanol–water partition coefficient (Wildman–Crippen LogP) is 5.82. The van der Waals surface area contributed by atoms with Crippen LogP contribution < -0.4 is 0 Å². The minimum absolute atomic E-state index is 0.00605. The van der Waals surface area contributed by atoms with Crippen molar-refractivity contribution >= 4 is 35.2 Å². The minimum atomic E-state index is -0.376. The van der Waals surface area contributed by atoms with Crippen molar-refractivity contribution in [3.63, 3.8) is 0 Å². The Morgan fingerprint density at radius 1 is 1.11 bits per heavy atom. The molecule has 6 heteroatoms. The first-order chi connectivity index (χ1) is 13.5. The fraction of sp³-hybridized carbons (Fsp3) is 0.0909. The molecule has 0 aliphatic rings. The maximum atomic E-state index is 12.6. The molecule has 0 bridgehead atoms. The highest BCUT2D eigenvalue weighted by Gasteiger charge is 2.16. The van der Waals surface area contributed by atoms with Gasteiger partial charge in [-0.25, -0.2) is 0 Å². The molecule has 28 heavy (non-hydrogen) atoms. The lowest BCUT2D eigenvalue weighted by molar-refractivity contribution is -0.125. The number of hydrogen-bond donors (Lipinski definition) is 0. The van der Waals surface area contributed by atoms with Crippen molar-refractivity contribution in [1.29, 1.82) is 5.26 Å². The molecule has 1 heterocycles. The molecule has 2 aromatic carbocycles. The van der Waals surface area contributed by atoms with Crippen LogP contribution in [-0.4, -0.2) is 17.9 Å². The van der Waals surface area contributed by atoms with Crippen LogP contribution in [0.1, 0.15) is 11.3 Å². The maximum absolute atomic E-state index is 12.6. The Kier molecular flexibility index (Phi) is 6.20. The molecule has 0 saturated heterocycles. The van der Waals surface area contributed by atoms with Crippen molar-refractivity contribution in [3.8, 4) is 17.4 Å². The van der Waals surface area contributed by atoms with Crippen LogP contribution in [0.5, 0.6) is 0 Å². The molecule has 0 aliphatic heterocycles. The summed E-state index contributed by atoms with van der Waals surface area (Å²) in [5.74, 6) is 0.588. The van der Waals surface area contributed by atoms with Crippen LogP contribution in [0.3, 0.4) is 0 Å². The van der Waals surface area contributed by atoms with E-state index < -0.39 is 0 Å². The molecule has 4 nitrogen and oxygen atoms in total. The van der Waals surface area contributed by atoms with Gasteiger partial charge in [0.1, 0.15) is 23.2 Å². The fourth-order valence-corrected chi connectivity index (χ4v) is 2.95. The maximum Gasteiger partial charge on any atom is 0.264 e. The zero-order chi connectivity index (χ0) is 20.1. The number of carbonyl (C=O) groups is 1. The van der Waals surface area contributed by atoms with Crippen molar-refractivity contribution in [2.45, 2.75) is 6.54 Å². The van der Waals surface area contributed by atoms with Crippen LogP contribution in [0, 0.1) is 11.3 Å². The number of carbonyl (C=O) groups excluding carboxylic acids is 1. The van der Waals surface area contributed by atoms with E-state index in [1.807, 2.05) is 36.4 Å². The normalized spacial score (nSPS) is 11.1. The molecule has 140 valence electrons. The van der Waals surface area contributed by atoms with Crippen molar-refractivity contribution in [2.24, 2.45) is 0 Å². The third-order valence-corrected chi connectivity index (χ3v) is 4.82. The second-order valence-electron chi connectivity index (χ2n) is 6.15. The third kappa shape index (κ3) is 4.64. The number of nitrogens with zero attached hydrogens (tertiary/aromatic N) is 2. The van der Waals surface area contributed by atoms with Crippen LogP contribution in [-0.2, 0) is 11.3 Å². The smallest absolute Gasteiger partial charge is 0.264 e. The Balaban J connectivity index is 1.79. The number of halogens is 2. The van der Waals surface area contributed by atoms with Gasteiger partial charge in [-0.2, -0.15) is 5.26 Å². The molecule has 3 aromatic rings. The molecule has 0 radical (unpaired) electrons. The molecule has 0 spiro atoms. The van der Waals surface area contributed by atoms with E-state index in [0.717, 1.165) is 11.1 Å². The highest BCUT2D eigenvalue weighted by Crippen LogP contribution is 2.30. The van der Waals surface area contributed by atoms with E-state index in [-0.39, 0.29) is 11.5 Å². The summed E-state index contributed by atoms with van der Waals surface area (Å²) in [4.78, 5) is 14.1. The molecule has 0 unspecified atom stereocenters. The monoisotopic (exact) mass is 410 g/mol. The zero-order valence-electron chi connectivity index (χ0n) is 15.0. The average Bonchev–Trinajstić information content (AvgIpc) is 3.17. The Bertz CT molecular complexity index is 1070. The summed E-state index contributed by atoms with van der Waals surface area (Å²) in [6, 6.07) is 20.1. The quantitative estimate of drug-likeness (QED) is 0.393. The fourth-order valence-electron chi connectivity index (χ4n) is 2.65. The van der Waals surface area contributed by atoms with Crippen LogP contribution in [0.25, 0.3) is 17.4 Å². The van der Waals surface area contributed by atoms with Crippen molar-refractivity contribution in [3.05, 3.63) is 87.6 Å². The largest absolute Gasteiger partial charge is 0.457 e. The van der Waals surface area contributed by atoms with Crippen LogP contribution in [0.15, 0.2) is 70.7 Å². The van der Waals surface area contributed by atoms with Gasteiger partial charge < -0.3 is 9.32 Å². The molecule has 1 amide bonds. The average molecular weight is 411 g/mol. The van der Waals surface area contributed by atoms with Gasteiger partial charge in [-0.3, -0.25) is 4.79 Å². The molecule has 0 aliphatic carbocycles. The Hall–Kier alpha value is -3.00. The summed E-state index contributed by atoms with van der Waals surface area (Å²) in [5, 5.41) is 10.3. The summed E-state index contributed by atoms with van der Waals surface area (Å²) in [5.41, 5.74) is 1.73. The highest BCUT2D eigenvalue weighted by molar-refractivity contribution is 6.42. The molecule has 0 atom stereocenters. The van der Waals surface area contributed by atoms with Crippen LogP contribution in [0.2, 0.25) is 10.0 Å². The SMILES string of the molecule is CN(Cc1ccccc1)C(=O)/C(C#N)=C/c1ccc(-c2ccc(Cl)c(Cl)c2)o1. The topological polar surface area (TPSA) is 57.2 Å². The lowest BCUT2D eigenvalue weighted by Crippen LogP contribution is -2.27. The molecule has 0 saturated carbocycles. The first-order valence-corrected chi connectivity index (χ1v) is 9.20. The van der Waals surface area contributed by atoms with E-state index >= 15 is 0 Å². The summed E-state index contributed by atoms with van der Waals surface area (Å²) in [6.07, 6.45) is 1.44. The van der Waals surface area contributed by atoms with Crippen LogP contribution in [0.4, 0.5) is 0 Å². The van der Waals surface area contributed by atoms with E-state index in [4.69, 9.17) is 27.6 Å². The number of likely N-dealkylation sites (N-methyl/N-ethyl adjacent to an activating group) is 1. The Morgan fingerprint density at radius 2 is 1.86 bits per heavy atom. The van der Waals surface area contributed by atoms with Gasteiger partial charge in [0.05, 0.1) is 10.0 Å². The second-order valence-corrected chi connectivity index (χ2v) is 6.96. The number of furan rings is 1. The summed E-state index contributed by atoms with van der Waals surface area (Å²) in [6.45, 7) is 0.408. The summed E-state index contributed by atoms with van der Waals surface area (Å²) in [7, 11) is 1.66. The van der Waals surface area contributed by atoms with Gasteiger partial charge in [-0.1, -0.05) is 53.5 Å². The minimum Gasteiger partial charge on any atom is -0.457 e. The van der Waals surface area contributed by atoms with Crippen molar-refractivity contribution in [1.82, 2.24) is 4.90 Å². The van der Waals surface area contributed by atoms with E-state index in [0.29, 0.717) is 28.1 Å². The molecule has 3 rings (SSSR count). The van der Waals surface area contributed by atoms with E-state index in [9.17, 15) is 10.1 Å². The van der Waals surface area contributed by atoms with Gasteiger partial charge in [-0.15, -0.1) is 0 Å². The van der Waals surface area contributed by atoms with Crippen molar-refractivity contribution < 1.29 is 9.21 Å². The second kappa shape index (κ2) is 8.79. The zero-order valence-corrected chi connectivity index (χ0v) is 16.5. The molecular weight excluding hydrogens is 395 g/mol. The van der Waals surface area contributed by atoms with Crippen LogP contribution >= 0.6 is 23.2 Å². The number of rotatable bonds is 5. The van der Waals surface area contributed by atoms with Gasteiger partial charge in [-0.05, 0) is 35.9 Å². The number of amides is 1. The highest BCUT2D eigenvalue weighted by atomic mass is 35.5. The Morgan fingerprint density at radius 3 is 2.54 bits per heavy atom. The van der Waals surface area contributed by atoms with Gasteiger partial charge >= 0.3 is 0 Å². The number of hydrogen-bond acceptors (Lipinski definition) is 3.